The summed E-state index contributed by atoms with van der Waals surface area (Å²) < 4.78 is 14.1. The van der Waals surface area contributed by atoms with E-state index in [-0.39, 0.29) is 11.9 Å². The van der Waals surface area contributed by atoms with Gasteiger partial charge in [-0.3, -0.25) is 4.90 Å². The maximum absolute atomic E-state index is 14.1. The Morgan fingerprint density at radius 3 is 2.65 bits per heavy atom. The number of nitrogens with two attached hydrogens (primary N) is 1. The fourth-order valence-corrected chi connectivity index (χ4v) is 3.54. The van der Waals surface area contributed by atoms with E-state index in [4.69, 9.17) is 17.3 Å². The van der Waals surface area contributed by atoms with E-state index >= 15 is 0 Å². The van der Waals surface area contributed by atoms with Crippen molar-refractivity contribution >= 4 is 11.6 Å². The Labute approximate surface area is 126 Å². The third kappa shape index (κ3) is 3.51. The summed E-state index contributed by atoms with van der Waals surface area (Å²) in [7, 11) is 0. The molecule has 2 N–H and O–H groups in total. The fourth-order valence-electron chi connectivity index (χ4n) is 3.36. The predicted molar refractivity (Wildman–Crippen MR) is 82.5 cm³/mol. The first kappa shape index (κ1) is 15.7. The Hall–Kier alpha value is -0.640. The van der Waals surface area contributed by atoms with Crippen molar-refractivity contribution in [2.24, 2.45) is 5.73 Å². The Balaban J connectivity index is 2.26. The number of likely N-dealkylation sites (N-methyl/N-ethyl adjacent to an activating group) is 1. The molecular weight excluding hydrogens is 275 g/mol. The molecule has 112 valence electrons. The van der Waals surface area contributed by atoms with Crippen LogP contribution in [0.2, 0.25) is 5.02 Å². The van der Waals surface area contributed by atoms with Crippen molar-refractivity contribution in [2.45, 2.75) is 51.1 Å². The average Bonchev–Trinajstić information content (AvgIpc) is 2.48. The molecule has 0 bridgehead atoms. The van der Waals surface area contributed by atoms with Crippen LogP contribution in [0.15, 0.2) is 18.2 Å². The van der Waals surface area contributed by atoms with E-state index in [0.29, 0.717) is 23.2 Å². The summed E-state index contributed by atoms with van der Waals surface area (Å²) in [4.78, 5) is 2.36. The molecule has 0 amide bonds. The summed E-state index contributed by atoms with van der Waals surface area (Å²) in [5, 5.41) is 0.569. The zero-order valence-electron chi connectivity index (χ0n) is 12.1. The van der Waals surface area contributed by atoms with E-state index in [1.54, 1.807) is 12.1 Å². The van der Waals surface area contributed by atoms with Crippen LogP contribution < -0.4 is 5.73 Å². The molecule has 4 heteroatoms. The van der Waals surface area contributed by atoms with Gasteiger partial charge in [0.1, 0.15) is 5.82 Å². The SMILES string of the molecule is CCN(C1CCCCC1)C(CN)c1cc(Cl)ccc1F. The maximum Gasteiger partial charge on any atom is 0.128 e. The molecule has 20 heavy (non-hydrogen) atoms. The van der Waals surface area contributed by atoms with E-state index in [9.17, 15) is 4.39 Å². The van der Waals surface area contributed by atoms with Crippen molar-refractivity contribution in [3.63, 3.8) is 0 Å². The van der Waals surface area contributed by atoms with Gasteiger partial charge in [0.2, 0.25) is 0 Å². The predicted octanol–water partition coefficient (Wildman–Crippen LogP) is 4.13. The van der Waals surface area contributed by atoms with Crippen LogP contribution in [0.4, 0.5) is 4.39 Å². The molecular formula is C16H24ClFN2. The van der Waals surface area contributed by atoms with E-state index in [1.165, 1.54) is 38.2 Å². The second-order valence-electron chi connectivity index (χ2n) is 5.54. The maximum atomic E-state index is 14.1. The zero-order valence-corrected chi connectivity index (χ0v) is 12.9. The number of halogens is 2. The Kier molecular flexibility index (Phi) is 5.82. The summed E-state index contributed by atoms with van der Waals surface area (Å²) in [6.07, 6.45) is 6.21. The van der Waals surface area contributed by atoms with Crippen LogP contribution in [-0.4, -0.2) is 24.0 Å². The third-order valence-corrected chi connectivity index (χ3v) is 4.58. The van der Waals surface area contributed by atoms with Crippen molar-refractivity contribution in [2.75, 3.05) is 13.1 Å². The van der Waals surface area contributed by atoms with E-state index in [2.05, 4.69) is 11.8 Å². The van der Waals surface area contributed by atoms with Gasteiger partial charge in [0.05, 0.1) is 6.04 Å². The van der Waals surface area contributed by atoms with Crippen molar-refractivity contribution < 1.29 is 4.39 Å². The smallest absolute Gasteiger partial charge is 0.128 e. The molecule has 0 radical (unpaired) electrons. The van der Waals surface area contributed by atoms with E-state index in [1.807, 2.05) is 0 Å². The lowest BCUT2D eigenvalue weighted by Crippen LogP contribution is -2.42. The molecule has 1 fully saturated rings. The minimum absolute atomic E-state index is 0.0817. The van der Waals surface area contributed by atoms with Gasteiger partial charge in [0.15, 0.2) is 0 Å². The van der Waals surface area contributed by atoms with Crippen LogP contribution in [-0.2, 0) is 0 Å². The van der Waals surface area contributed by atoms with Crippen LogP contribution in [0.1, 0.15) is 50.6 Å². The van der Waals surface area contributed by atoms with E-state index in [0.717, 1.165) is 6.54 Å². The topological polar surface area (TPSA) is 29.3 Å². The second kappa shape index (κ2) is 7.39. The highest BCUT2D eigenvalue weighted by atomic mass is 35.5. The number of hydrogen-bond acceptors (Lipinski definition) is 2. The van der Waals surface area contributed by atoms with Crippen molar-refractivity contribution in [3.05, 3.63) is 34.6 Å². The molecule has 1 unspecified atom stereocenters. The van der Waals surface area contributed by atoms with Gasteiger partial charge in [-0.2, -0.15) is 0 Å². The van der Waals surface area contributed by atoms with Crippen LogP contribution in [0.3, 0.4) is 0 Å². The molecule has 0 aromatic heterocycles. The van der Waals surface area contributed by atoms with Gasteiger partial charge in [0, 0.05) is 23.2 Å². The normalized spacial score (nSPS) is 18.4. The number of hydrogen-bond donors (Lipinski definition) is 1. The number of rotatable bonds is 5. The summed E-state index contributed by atoms with van der Waals surface area (Å²) >= 11 is 6.03. The summed E-state index contributed by atoms with van der Waals surface area (Å²) in [5.74, 6) is -0.209. The van der Waals surface area contributed by atoms with Gasteiger partial charge >= 0.3 is 0 Å². The molecule has 1 aliphatic rings. The number of benzene rings is 1. The molecule has 0 spiro atoms. The molecule has 1 saturated carbocycles. The molecule has 2 nitrogen and oxygen atoms in total. The Morgan fingerprint density at radius 1 is 1.35 bits per heavy atom. The highest BCUT2D eigenvalue weighted by molar-refractivity contribution is 6.30. The highest BCUT2D eigenvalue weighted by Gasteiger charge is 2.28. The van der Waals surface area contributed by atoms with Crippen molar-refractivity contribution in [1.29, 1.82) is 0 Å². The summed E-state index contributed by atoms with van der Waals surface area (Å²) in [5.41, 5.74) is 6.59. The van der Waals surface area contributed by atoms with Gasteiger partial charge in [-0.05, 0) is 37.6 Å². The fraction of sp³-hybridized carbons (Fsp3) is 0.625. The molecule has 0 heterocycles. The van der Waals surface area contributed by atoms with Gasteiger partial charge in [-0.25, -0.2) is 4.39 Å². The third-order valence-electron chi connectivity index (χ3n) is 4.35. The number of nitrogens with zero attached hydrogens (tertiary/aromatic N) is 1. The molecule has 0 saturated heterocycles. The molecule has 0 aliphatic heterocycles. The molecule has 2 rings (SSSR count). The van der Waals surface area contributed by atoms with Crippen molar-refractivity contribution in [3.8, 4) is 0 Å². The average molecular weight is 299 g/mol. The first-order valence-electron chi connectivity index (χ1n) is 7.58. The molecule has 1 atom stereocenters. The first-order valence-corrected chi connectivity index (χ1v) is 7.96. The molecule has 1 aliphatic carbocycles. The highest BCUT2D eigenvalue weighted by Crippen LogP contribution is 2.31. The Morgan fingerprint density at radius 2 is 2.05 bits per heavy atom. The minimum atomic E-state index is -0.209. The van der Waals surface area contributed by atoms with Crippen LogP contribution in [0.5, 0.6) is 0 Å². The zero-order chi connectivity index (χ0) is 14.5. The lowest BCUT2D eigenvalue weighted by atomic mass is 9.91. The van der Waals surface area contributed by atoms with Gasteiger partial charge < -0.3 is 5.73 Å². The van der Waals surface area contributed by atoms with Crippen molar-refractivity contribution in [1.82, 2.24) is 4.90 Å². The van der Waals surface area contributed by atoms with Crippen LogP contribution in [0, 0.1) is 5.82 Å². The molecule has 1 aromatic rings. The quantitative estimate of drug-likeness (QED) is 0.885. The first-order chi connectivity index (χ1) is 9.67. The Bertz CT molecular complexity index is 432. The largest absolute Gasteiger partial charge is 0.329 e. The van der Waals surface area contributed by atoms with Crippen LogP contribution >= 0.6 is 11.6 Å². The standard InChI is InChI=1S/C16H24ClFN2/c1-2-20(13-6-4-3-5-7-13)16(11-19)14-10-12(17)8-9-15(14)18/h8-10,13,16H,2-7,11,19H2,1H3. The van der Waals surface area contributed by atoms with Gasteiger partial charge in [0.25, 0.3) is 0 Å². The summed E-state index contributed by atoms with van der Waals surface area (Å²) in [6.45, 7) is 3.43. The molecule has 1 aromatic carbocycles. The second-order valence-corrected chi connectivity index (χ2v) is 5.98. The minimum Gasteiger partial charge on any atom is -0.329 e. The monoisotopic (exact) mass is 298 g/mol. The lowest BCUT2D eigenvalue weighted by Gasteiger charge is -2.39. The lowest BCUT2D eigenvalue weighted by molar-refractivity contribution is 0.112. The van der Waals surface area contributed by atoms with Crippen LogP contribution in [0.25, 0.3) is 0 Å². The summed E-state index contributed by atoms with van der Waals surface area (Å²) in [6, 6.07) is 5.18. The van der Waals surface area contributed by atoms with Gasteiger partial charge in [-0.15, -0.1) is 0 Å². The van der Waals surface area contributed by atoms with Gasteiger partial charge in [-0.1, -0.05) is 37.8 Å². The van der Waals surface area contributed by atoms with E-state index < -0.39 is 0 Å².